The number of carbonyl (C=O) groups excluding carboxylic acids is 1. The van der Waals surface area contributed by atoms with Crippen molar-refractivity contribution in [1.29, 1.82) is 0 Å². The van der Waals surface area contributed by atoms with Crippen LogP contribution < -0.4 is 5.73 Å². The summed E-state index contributed by atoms with van der Waals surface area (Å²) in [5, 5.41) is 0. The van der Waals surface area contributed by atoms with Crippen LogP contribution in [0.3, 0.4) is 0 Å². The standard InChI is InChI=1S/C12H16FN3O/c13-9-4-5-11(15-8-9)12(17)16(7-6-14)10-2-1-3-10/h4-5,8,10H,1-3,6-7,14H2. The fourth-order valence-electron chi connectivity index (χ4n) is 1.94. The van der Waals surface area contributed by atoms with Gasteiger partial charge in [-0.1, -0.05) is 0 Å². The van der Waals surface area contributed by atoms with Crippen LogP contribution in [0.5, 0.6) is 0 Å². The van der Waals surface area contributed by atoms with Crippen LogP contribution in [0.4, 0.5) is 4.39 Å². The largest absolute Gasteiger partial charge is 0.333 e. The molecule has 0 aromatic carbocycles. The summed E-state index contributed by atoms with van der Waals surface area (Å²) in [7, 11) is 0. The monoisotopic (exact) mass is 237 g/mol. The second-order valence-corrected chi connectivity index (χ2v) is 4.23. The summed E-state index contributed by atoms with van der Waals surface area (Å²) in [6.45, 7) is 0.964. The van der Waals surface area contributed by atoms with E-state index in [-0.39, 0.29) is 17.6 Å². The minimum atomic E-state index is -0.435. The molecular weight excluding hydrogens is 221 g/mol. The lowest BCUT2D eigenvalue weighted by atomic mass is 9.91. The van der Waals surface area contributed by atoms with E-state index in [1.807, 2.05) is 0 Å². The third-order valence-corrected chi connectivity index (χ3v) is 3.09. The van der Waals surface area contributed by atoms with E-state index in [9.17, 15) is 9.18 Å². The van der Waals surface area contributed by atoms with E-state index < -0.39 is 5.82 Å². The van der Waals surface area contributed by atoms with E-state index in [0.29, 0.717) is 13.1 Å². The van der Waals surface area contributed by atoms with Crippen molar-refractivity contribution >= 4 is 5.91 Å². The van der Waals surface area contributed by atoms with Gasteiger partial charge in [-0.05, 0) is 31.4 Å². The molecule has 1 aliphatic carbocycles. The van der Waals surface area contributed by atoms with Gasteiger partial charge in [-0.3, -0.25) is 4.79 Å². The van der Waals surface area contributed by atoms with E-state index in [1.165, 1.54) is 12.1 Å². The molecule has 2 N–H and O–H groups in total. The van der Waals surface area contributed by atoms with Gasteiger partial charge < -0.3 is 10.6 Å². The van der Waals surface area contributed by atoms with Crippen molar-refractivity contribution < 1.29 is 9.18 Å². The van der Waals surface area contributed by atoms with Crippen molar-refractivity contribution in [1.82, 2.24) is 9.88 Å². The molecule has 1 aromatic heterocycles. The molecule has 2 rings (SSSR count). The molecule has 0 radical (unpaired) electrons. The number of pyridine rings is 1. The van der Waals surface area contributed by atoms with Gasteiger partial charge in [0.1, 0.15) is 11.5 Å². The van der Waals surface area contributed by atoms with Crippen molar-refractivity contribution in [2.45, 2.75) is 25.3 Å². The van der Waals surface area contributed by atoms with Crippen molar-refractivity contribution in [2.24, 2.45) is 5.73 Å². The zero-order valence-corrected chi connectivity index (χ0v) is 9.60. The van der Waals surface area contributed by atoms with Crippen LogP contribution in [0, 0.1) is 5.82 Å². The van der Waals surface area contributed by atoms with Crippen LogP contribution >= 0.6 is 0 Å². The molecule has 4 nitrogen and oxygen atoms in total. The van der Waals surface area contributed by atoms with E-state index in [4.69, 9.17) is 5.73 Å². The van der Waals surface area contributed by atoms with Crippen LogP contribution in [0.15, 0.2) is 18.3 Å². The van der Waals surface area contributed by atoms with E-state index >= 15 is 0 Å². The highest BCUT2D eigenvalue weighted by Gasteiger charge is 2.29. The van der Waals surface area contributed by atoms with Crippen LogP contribution in [-0.2, 0) is 0 Å². The van der Waals surface area contributed by atoms with Crippen molar-refractivity contribution in [3.63, 3.8) is 0 Å². The third kappa shape index (κ3) is 2.61. The van der Waals surface area contributed by atoms with Crippen molar-refractivity contribution in [3.05, 3.63) is 29.8 Å². The average Bonchev–Trinajstić information content (AvgIpc) is 2.26. The topological polar surface area (TPSA) is 59.2 Å². The Morgan fingerprint density at radius 2 is 2.29 bits per heavy atom. The molecule has 1 aromatic rings. The van der Waals surface area contributed by atoms with Gasteiger partial charge in [-0.15, -0.1) is 0 Å². The minimum absolute atomic E-state index is 0.153. The molecule has 5 heteroatoms. The number of halogens is 1. The van der Waals surface area contributed by atoms with Crippen molar-refractivity contribution in [3.8, 4) is 0 Å². The zero-order chi connectivity index (χ0) is 12.3. The highest BCUT2D eigenvalue weighted by atomic mass is 19.1. The fraction of sp³-hybridized carbons (Fsp3) is 0.500. The molecule has 1 amide bonds. The normalized spacial score (nSPS) is 15.4. The molecule has 0 saturated heterocycles. The van der Waals surface area contributed by atoms with Gasteiger partial charge in [0.2, 0.25) is 0 Å². The number of aromatic nitrogens is 1. The average molecular weight is 237 g/mol. The Labute approximate surface area is 99.6 Å². The first kappa shape index (κ1) is 12.0. The Morgan fingerprint density at radius 1 is 1.53 bits per heavy atom. The van der Waals surface area contributed by atoms with Crippen molar-refractivity contribution in [2.75, 3.05) is 13.1 Å². The maximum absolute atomic E-state index is 12.7. The Kier molecular flexibility index (Phi) is 3.68. The lowest BCUT2D eigenvalue weighted by Crippen LogP contribution is -2.46. The second kappa shape index (κ2) is 5.23. The summed E-state index contributed by atoms with van der Waals surface area (Å²) in [6, 6.07) is 2.94. The lowest BCUT2D eigenvalue weighted by molar-refractivity contribution is 0.0582. The van der Waals surface area contributed by atoms with E-state index in [1.54, 1.807) is 4.90 Å². The maximum atomic E-state index is 12.7. The van der Waals surface area contributed by atoms with Gasteiger partial charge in [-0.25, -0.2) is 9.37 Å². The van der Waals surface area contributed by atoms with E-state index in [0.717, 1.165) is 25.5 Å². The lowest BCUT2D eigenvalue weighted by Gasteiger charge is -2.37. The number of amides is 1. The molecule has 17 heavy (non-hydrogen) atoms. The SMILES string of the molecule is NCCN(C(=O)c1ccc(F)cn1)C1CCC1. The molecule has 0 bridgehead atoms. The third-order valence-electron chi connectivity index (χ3n) is 3.09. The Morgan fingerprint density at radius 3 is 2.76 bits per heavy atom. The van der Waals surface area contributed by atoms with E-state index in [2.05, 4.69) is 4.98 Å². The fourth-order valence-corrected chi connectivity index (χ4v) is 1.94. The number of hydrogen-bond acceptors (Lipinski definition) is 3. The van der Waals surface area contributed by atoms with Crippen LogP contribution in [-0.4, -0.2) is 34.9 Å². The maximum Gasteiger partial charge on any atom is 0.272 e. The quantitative estimate of drug-likeness (QED) is 0.855. The summed E-state index contributed by atoms with van der Waals surface area (Å²) in [6.07, 6.45) is 4.25. The van der Waals surface area contributed by atoms with Crippen LogP contribution in [0.25, 0.3) is 0 Å². The van der Waals surface area contributed by atoms with Gasteiger partial charge >= 0.3 is 0 Å². The number of hydrogen-bond donors (Lipinski definition) is 1. The predicted molar refractivity (Wildman–Crippen MR) is 61.9 cm³/mol. The van der Waals surface area contributed by atoms with Crippen LogP contribution in [0.1, 0.15) is 29.8 Å². The second-order valence-electron chi connectivity index (χ2n) is 4.23. The molecule has 92 valence electrons. The zero-order valence-electron chi connectivity index (χ0n) is 9.60. The summed E-state index contributed by atoms with van der Waals surface area (Å²) in [4.78, 5) is 17.7. The first-order valence-electron chi connectivity index (χ1n) is 5.85. The first-order chi connectivity index (χ1) is 8.22. The van der Waals surface area contributed by atoms with Crippen LogP contribution in [0.2, 0.25) is 0 Å². The molecular formula is C12H16FN3O. The Bertz CT molecular complexity index is 389. The highest BCUT2D eigenvalue weighted by molar-refractivity contribution is 5.92. The number of carbonyl (C=O) groups is 1. The molecule has 1 saturated carbocycles. The highest BCUT2D eigenvalue weighted by Crippen LogP contribution is 2.25. The number of rotatable bonds is 4. The summed E-state index contributed by atoms with van der Waals surface area (Å²) >= 11 is 0. The molecule has 0 unspecified atom stereocenters. The van der Waals surface area contributed by atoms with Gasteiger partial charge in [-0.2, -0.15) is 0 Å². The van der Waals surface area contributed by atoms with Gasteiger partial charge in [0, 0.05) is 19.1 Å². The molecule has 0 aliphatic heterocycles. The molecule has 0 spiro atoms. The predicted octanol–water partition coefficient (Wildman–Crippen LogP) is 1.17. The van der Waals surface area contributed by atoms with Gasteiger partial charge in [0.05, 0.1) is 6.20 Å². The number of nitrogens with two attached hydrogens (primary N) is 1. The molecule has 0 atom stereocenters. The van der Waals surface area contributed by atoms with Gasteiger partial charge in [0.15, 0.2) is 0 Å². The summed E-state index contributed by atoms with van der Waals surface area (Å²) in [5.41, 5.74) is 5.80. The summed E-state index contributed by atoms with van der Waals surface area (Å²) < 4.78 is 12.7. The number of nitrogens with zero attached hydrogens (tertiary/aromatic N) is 2. The Balaban J connectivity index is 2.12. The molecule has 1 heterocycles. The minimum Gasteiger partial charge on any atom is -0.333 e. The van der Waals surface area contributed by atoms with Gasteiger partial charge in [0.25, 0.3) is 5.91 Å². The summed E-state index contributed by atoms with van der Waals surface area (Å²) in [5.74, 6) is -0.587. The molecule has 1 aliphatic rings. The molecule has 1 fully saturated rings. The Hall–Kier alpha value is -1.49. The first-order valence-corrected chi connectivity index (χ1v) is 5.85. The smallest absolute Gasteiger partial charge is 0.272 e.